The van der Waals surface area contributed by atoms with E-state index < -0.39 is 0 Å². The second kappa shape index (κ2) is 9.60. The van der Waals surface area contributed by atoms with Crippen LogP contribution in [0.5, 0.6) is 5.75 Å². The Morgan fingerprint density at radius 3 is 2.13 bits per heavy atom. The Morgan fingerprint density at radius 2 is 1.47 bits per heavy atom. The standard InChI is InChI=1S/C24H25N3O3/c1-16-4-5-17(2)22(14-16)25-15-23(28)26-19-8-6-18(7-9-19)24(29)27-20-10-12-21(30-3)13-11-20/h4-14,25H,15H2,1-3H3,(H,26,28)(H,27,29). The molecule has 0 radical (unpaired) electrons. The average Bonchev–Trinajstić information content (AvgIpc) is 2.75. The lowest BCUT2D eigenvalue weighted by Gasteiger charge is -2.11. The van der Waals surface area contributed by atoms with Gasteiger partial charge in [0, 0.05) is 22.6 Å². The Bertz CT molecular complexity index is 1030. The third kappa shape index (κ3) is 5.61. The van der Waals surface area contributed by atoms with Crippen molar-refractivity contribution in [3.63, 3.8) is 0 Å². The number of nitrogens with one attached hydrogen (secondary N) is 3. The molecule has 0 atom stereocenters. The van der Waals surface area contributed by atoms with Crippen molar-refractivity contribution in [2.45, 2.75) is 13.8 Å². The summed E-state index contributed by atoms with van der Waals surface area (Å²) in [6.45, 7) is 4.16. The fourth-order valence-corrected chi connectivity index (χ4v) is 2.89. The van der Waals surface area contributed by atoms with Crippen molar-refractivity contribution in [1.29, 1.82) is 0 Å². The van der Waals surface area contributed by atoms with Gasteiger partial charge in [-0.1, -0.05) is 12.1 Å². The molecule has 0 heterocycles. The van der Waals surface area contributed by atoms with Gasteiger partial charge in [0.15, 0.2) is 0 Å². The molecule has 3 aromatic rings. The van der Waals surface area contributed by atoms with E-state index in [2.05, 4.69) is 16.0 Å². The Labute approximate surface area is 176 Å². The minimum absolute atomic E-state index is 0.157. The number of benzene rings is 3. The topological polar surface area (TPSA) is 79.5 Å². The van der Waals surface area contributed by atoms with Crippen LogP contribution in [0.25, 0.3) is 0 Å². The third-order valence-electron chi connectivity index (χ3n) is 4.61. The maximum Gasteiger partial charge on any atom is 0.255 e. The summed E-state index contributed by atoms with van der Waals surface area (Å²) < 4.78 is 5.11. The van der Waals surface area contributed by atoms with E-state index in [4.69, 9.17) is 4.74 Å². The monoisotopic (exact) mass is 403 g/mol. The van der Waals surface area contributed by atoms with Crippen molar-refractivity contribution < 1.29 is 14.3 Å². The third-order valence-corrected chi connectivity index (χ3v) is 4.61. The predicted molar refractivity (Wildman–Crippen MR) is 120 cm³/mol. The van der Waals surface area contributed by atoms with Crippen LogP contribution in [0.3, 0.4) is 0 Å². The average molecular weight is 403 g/mol. The molecule has 6 heteroatoms. The van der Waals surface area contributed by atoms with E-state index in [-0.39, 0.29) is 18.4 Å². The SMILES string of the molecule is COc1ccc(NC(=O)c2ccc(NC(=O)CNc3cc(C)ccc3C)cc2)cc1. The van der Waals surface area contributed by atoms with E-state index in [9.17, 15) is 9.59 Å². The molecule has 0 aromatic heterocycles. The second-order valence-electron chi connectivity index (χ2n) is 6.98. The fraction of sp³-hybridized carbons (Fsp3) is 0.167. The van der Waals surface area contributed by atoms with E-state index in [0.29, 0.717) is 16.9 Å². The summed E-state index contributed by atoms with van der Waals surface area (Å²) in [6.07, 6.45) is 0. The summed E-state index contributed by atoms with van der Waals surface area (Å²) >= 11 is 0. The molecule has 0 aliphatic rings. The van der Waals surface area contributed by atoms with Gasteiger partial charge in [-0.25, -0.2) is 0 Å². The number of rotatable bonds is 7. The molecule has 0 saturated carbocycles. The first-order chi connectivity index (χ1) is 14.4. The Hall–Kier alpha value is -3.80. The molecule has 0 aliphatic carbocycles. The van der Waals surface area contributed by atoms with E-state index in [0.717, 1.165) is 22.6 Å². The zero-order valence-electron chi connectivity index (χ0n) is 17.3. The van der Waals surface area contributed by atoms with Crippen LogP contribution in [0.4, 0.5) is 17.1 Å². The first-order valence-corrected chi connectivity index (χ1v) is 9.61. The quantitative estimate of drug-likeness (QED) is 0.538. The summed E-state index contributed by atoms with van der Waals surface area (Å²) in [4.78, 5) is 24.6. The van der Waals surface area contributed by atoms with Crippen LogP contribution in [0, 0.1) is 13.8 Å². The molecule has 0 spiro atoms. The molecular weight excluding hydrogens is 378 g/mol. The van der Waals surface area contributed by atoms with E-state index in [1.54, 1.807) is 55.6 Å². The zero-order valence-corrected chi connectivity index (χ0v) is 17.3. The molecule has 6 nitrogen and oxygen atoms in total. The summed E-state index contributed by atoms with van der Waals surface area (Å²) in [5, 5.41) is 8.81. The maximum atomic E-state index is 12.4. The molecule has 0 fully saturated rings. The zero-order chi connectivity index (χ0) is 21.5. The summed E-state index contributed by atoms with van der Waals surface area (Å²) in [5.41, 5.74) is 4.96. The van der Waals surface area contributed by atoms with Crippen molar-refractivity contribution in [3.05, 3.63) is 83.4 Å². The molecule has 0 aliphatic heterocycles. The molecule has 154 valence electrons. The summed E-state index contributed by atoms with van der Waals surface area (Å²) in [6, 6.07) is 19.9. The Balaban J connectivity index is 1.53. The summed E-state index contributed by atoms with van der Waals surface area (Å²) in [7, 11) is 1.59. The van der Waals surface area contributed by atoms with Crippen LogP contribution in [-0.2, 0) is 4.79 Å². The minimum Gasteiger partial charge on any atom is -0.497 e. The lowest BCUT2D eigenvalue weighted by Crippen LogP contribution is -2.22. The van der Waals surface area contributed by atoms with Crippen LogP contribution in [-0.4, -0.2) is 25.5 Å². The maximum absolute atomic E-state index is 12.4. The van der Waals surface area contributed by atoms with Crippen molar-refractivity contribution in [2.75, 3.05) is 29.6 Å². The molecule has 3 N–H and O–H groups in total. The van der Waals surface area contributed by atoms with E-state index >= 15 is 0 Å². The van der Waals surface area contributed by atoms with Crippen molar-refractivity contribution in [2.24, 2.45) is 0 Å². The minimum atomic E-state index is -0.227. The lowest BCUT2D eigenvalue weighted by atomic mass is 10.1. The van der Waals surface area contributed by atoms with Gasteiger partial charge >= 0.3 is 0 Å². The van der Waals surface area contributed by atoms with Gasteiger partial charge in [0.05, 0.1) is 13.7 Å². The first kappa shape index (κ1) is 20.9. The molecular formula is C24H25N3O3. The molecule has 3 rings (SSSR count). The first-order valence-electron chi connectivity index (χ1n) is 9.61. The lowest BCUT2D eigenvalue weighted by molar-refractivity contribution is -0.114. The van der Waals surface area contributed by atoms with Gasteiger partial charge < -0.3 is 20.7 Å². The largest absolute Gasteiger partial charge is 0.497 e. The van der Waals surface area contributed by atoms with Gasteiger partial charge in [-0.15, -0.1) is 0 Å². The number of methoxy groups -OCH3 is 1. The second-order valence-corrected chi connectivity index (χ2v) is 6.98. The molecule has 0 unspecified atom stereocenters. The smallest absolute Gasteiger partial charge is 0.255 e. The van der Waals surface area contributed by atoms with Crippen LogP contribution < -0.4 is 20.7 Å². The normalized spacial score (nSPS) is 10.2. The molecule has 3 aromatic carbocycles. The summed E-state index contributed by atoms with van der Waals surface area (Å²) in [5.74, 6) is 0.334. The highest BCUT2D eigenvalue weighted by Crippen LogP contribution is 2.18. The molecule has 0 saturated heterocycles. The number of hydrogen-bond acceptors (Lipinski definition) is 4. The number of ether oxygens (including phenoxy) is 1. The number of amides is 2. The predicted octanol–water partition coefficient (Wildman–Crippen LogP) is 4.61. The van der Waals surface area contributed by atoms with Gasteiger partial charge in [-0.3, -0.25) is 9.59 Å². The Kier molecular flexibility index (Phi) is 6.70. The number of aryl methyl sites for hydroxylation is 2. The van der Waals surface area contributed by atoms with E-state index in [1.807, 2.05) is 32.0 Å². The van der Waals surface area contributed by atoms with Crippen LogP contribution >= 0.6 is 0 Å². The van der Waals surface area contributed by atoms with Gasteiger partial charge in [0.1, 0.15) is 5.75 Å². The highest BCUT2D eigenvalue weighted by Gasteiger charge is 2.08. The number of carbonyl (C=O) groups excluding carboxylic acids is 2. The van der Waals surface area contributed by atoms with Gasteiger partial charge in [0.2, 0.25) is 5.91 Å². The highest BCUT2D eigenvalue weighted by atomic mass is 16.5. The fourth-order valence-electron chi connectivity index (χ4n) is 2.89. The van der Waals surface area contributed by atoms with Crippen LogP contribution in [0.15, 0.2) is 66.7 Å². The number of anilines is 3. The Morgan fingerprint density at radius 1 is 0.833 bits per heavy atom. The van der Waals surface area contributed by atoms with Gasteiger partial charge in [-0.05, 0) is 79.6 Å². The molecule has 2 amide bonds. The number of hydrogen-bond donors (Lipinski definition) is 3. The van der Waals surface area contributed by atoms with Crippen molar-refractivity contribution >= 4 is 28.9 Å². The van der Waals surface area contributed by atoms with Crippen molar-refractivity contribution in [1.82, 2.24) is 0 Å². The number of carbonyl (C=O) groups is 2. The van der Waals surface area contributed by atoms with Crippen LogP contribution in [0.1, 0.15) is 21.5 Å². The van der Waals surface area contributed by atoms with Crippen LogP contribution in [0.2, 0.25) is 0 Å². The van der Waals surface area contributed by atoms with Crippen molar-refractivity contribution in [3.8, 4) is 5.75 Å². The highest BCUT2D eigenvalue weighted by molar-refractivity contribution is 6.04. The van der Waals surface area contributed by atoms with Gasteiger partial charge in [-0.2, -0.15) is 0 Å². The molecule has 0 bridgehead atoms. The van der Waals surface area contributed by atoms with E-state index in [1.165, 1.54) is 0 Å². The molecule has 30 heavy (non-hydrogen) atoms. The van der Waals surface area contributed by atoms with Gasteiger partial charge in [0.25, 0.3) is 5.91 Å².